The van der Waals surface area contributed by atoms with Gasteiger partial charge in [-0.1, -0.05) is 0 Å². The van der Waals surface area contributed by atoms with Crippen molar-refractivity contribution in [1.29, 1.82) is 0 Å². The van der Waals surface area contributed by atoms with Crippen LogP contribution in [0.25, 0.3) is 0 Å². The fourth-order valence-corrected chi connectivity index (χ4v) is 1.10. The molecule has 1 rings (SSSR count). The first-order valence-corrected chi connectivity index (χ1v) is 3.33. The van der Waals surface area contributed by atoms with Crippen LogP contribution in [0.3, 0.4) is 0 Å². The molecule has 1 aliphatic heterocycles. The van der Waals surface area contributed by atoms with Crippen molar-refractivity contribution in [2.75, 3.05) is 13.2 Å². The molecule has 0 aromatic rings. The van der Waals surface area contributed by atoms with Crippen LogP contribution in [0.4, 0.5) is 0 Å². The van der Waals surface area contributed by atoms with E-state index in [1.54, 1.807) is 0 Å². The molecule has 1 saturated heterocycles. The Morgan fingerprint density at radius 2 is 2.00 bits per heavy atom. The highest BCUT2D eigenvalue weighted by Gasteiger charge is 2.32. The molecular weight excluding hydrogens is 136 g/mol. The van der Waals surface area contributed by atoms with Gasteiger partial charge in [0, 0.05) is 6.42 Å². The molecule has 0 bridgehead atoms. The maximum atomic E-state index is 9.09. The Kier molecular flexibility index (Phi) is 2.62. The summed E-state index contributed by atoms with van der Waals surface area (Å²) in [6.07, 6.45) is -1.01. The highest BCUT2D eigenvalue weighted by atomic mass is 16.5. The Hall–Kier alpha value is -0.160. The summed E-state index contributed by atoms with van der Waals surface area (Å²) in [5.74, 6) is 0. The lowest BCUT2D eigenvalue weighted by Crippen LogP contribution is -2.24. The number of hydrogen-bond donors (Lipinski definition) is 3. The van der Waals surface area contributed by atoms with Crippen LogP contribution >= 0.6 is 0 Å². The average molecular weight is 148 g/mol. The quantitative estimate of drug-likeness (QED) is 0.445. The normalized spacial score (nSPS) is 40.5. The zero-order valence-electron chi connectivity index (χ0n) is 5.60. The molecule has 1 aliphatic rings. The van der Waals surface area contributed by atoms with Crippen molar-refractivity contribution >= 4 is 0 Å². The molecule has 0 saturated carbocycles. The van der Waals surface area contributed by atoms with Crippen LogP contribution < -0.4 is 0 Å². The van der Waals surface area contributed by atoms with Gasteiger partial charge in [-0.15, -0.1) is 0 Å². The van der Waals surface area contributed by atoms with Gasteiger partial charge < -0.3 is 20.1 Å². The molecule has 0 aliphatic carbocycles. The molecule has 3 N–H and O–H groups in total. The van der Waals surface area contributed by atoms with Gasteiger partial charge in [0.2, 0.25) is 0 Å². The maximum absolute atomic E-state index is 9.09. The van der Waals surface area contributed by atoms with Crippen LogP contribution in [0.2, 0.25) is 0 Å². The molecule has 0 aromatic heterocycles. The molecule has 1 fully saturated rings. The monoisotopic (exact) mass is 148 g/mol. The van der Waals surface area contributed by atoms with E-state index >= 15 is 0 Å². The smallest absolute Gasteiger partial charge is 0.107 e. The van der Waals surface area contributed by atoms with E-state index in [0.29, 0.717) is 6.42 Å². The van der Waals surface area contributed by atoms with Crippen molar-refractivity contribution in [3.05, 3.63) is 0 Å². The highest BCUT2D eigenvalue weighted by molar-refractivity contribution is 4.80. The van der Waals surface area contributed by atoms with Crippen LogP contribution in [0.15, 0.2) is 0 Å². The lowest BCUT2D eigenvalue weighted by molar-refractivity contribution is -0.0355. The van der Waals surface area contributed by atoms with Crippen molar-refractivity contribution in [3.8, 4) is 0 Å². The molecule has 3 atom stereocenters. The van der Waals surface area contributed by atoms with Gasteiger partial charge in [-0.25, -0.2) is 0 Å². The van der Waals surface area contributed by atoms with Gasteiger partial charge in [-0.05, 0) is 0 Å². The SMILES string of the molecule is OCC1CC(O)[C@@H](CO)O1. The van der Waals surface area contributed by atoms with Gasteiger partial charge >= 0.3 is 0 Å². The third kappa shape index (κ3) is 1.46. The number of aliphatic hydroxyl groups excluding tert-OH is 3. The zero-order valence-corrected chi connectivity index (χ0v) is 5.60. The second kappa shape index (κ2) is 3.30. The molecule has 0 radical (unpaired) electrons. The molecule has 10 heavy (non-hydrogen) atoms. The molecule has 0 spiro atoms. The Balaban J connectivity index is 2.36. The predicted molar refractivity (Wildman–Crippen MR) is 33.5 cm³/mol. The minimum atomic E-state index is -0.623. The number of rotatable bonds is 2. The fourth-order valence-electron chi connectivity index (χ4n) is 1.10. The molecular formula is C6H12O4. The molecule has 2 unspecified atom stereocenters. The zero-order chi connectivity index (χ0) is 7.56. The van der Waals surface area contributed by atoms with Gasteiger partial charge in [0.15, 0.2) is 0 Å². The van der Waals surface area contributed by atoms with Crippen LogP contribution in [0.5, 0.6) is 0 Å². The Bertz CT molecular complexity index is 106. The Morgan fingerprint density at radius 1 is 1.30 bits per heavy atom. The van der Waals surface area contributed by atoms with Gasteiger partial charge in [-0.3, -0.25) is 0 Å². The first-order valence-electron chi connectivity index (χ1n) is 3.33. The van der Waals surface area contributed by atoms with Crippen molar-refractivity contribution in [2.24, 2.45) is 0 Å². The Labute approximate surface area is 59.1 Å². The van der Waals surface area contributed by atoms with E-state index < -0.39 is 12.2 Å². The average Bonchev–Trinajstić information content (AvgIpc) is 2.30. The van der Waals surface area contributed by atoms with Gasteiger partial charge in [0.1, 0.15) is 6.10 Å². The molecule has 60 valence electrons. The maximum Gasteiger partial charge on any atom is 0.107 e. The summed E-state index contributed by atoms with van der Waals surface area (Å²) in [5.41, 5.74) is 0. The summed E-state index contributed by atoms with van der Waals surface area (Å²) in [6, 6.07) is 0. The van der Waals surface area contributed by atoms with E-state index in [-0.39, 0.29) is 19.3 Å². The van der Waals surface area contributed by atoms with Gasteiger partial charge in [0.05, 0.1) is 25.4 Å². The number of ether oxygens (including phenoxy) is 1. The van der Waals surface area contributed by atoms with E-state index in [9.17, 15) is 0 Å². The van der Waals surface area contributed by atoms with E-state index in [4.69, 9.17) is 20.1 Å². The van der Waals surface area contributed by atoms with Crippen LogP contribution in [0.1, 0.15) is 6.42 Å². The first kappa shape index (κ1) is 7.94. The van der Waals surface area contributed by atoms with Gasteiger partial charge in [-0.2, -0.15) is 0 Å². The van der Waals surface area contributed by atoms with Crippen molar-refractivity contribution in [3.63, 3.8) is 0 Å². The second-order valence-corrected chi connectivity index (χ2v) is 2.46. The van der Waals surface area contributed by atoms with Crippen LogP contribution in [0, 0.1) is 0 Å². The molecule has 0 aromatic carbocycles. The lowest BCUT2D eigenvalue weighted by atomic mass is 10.1. The van der Waals surface area contributed by atoms with Crippen molar-refractivity contribution < 1.29 is 20.1 Å². The third-order valence-corrected chi connectivity index (χ3v) is 1.68. The molecule has 0 amide bonds. The van der Waals surface area contributed by atoms with E-state index in [1.807, 2.05) is 0 Å². The van der Waals surface area contributed by atoms with Crippen molar-refractivity contribution in [1.82, 2.24) is 0 Å². The standard InChI is InChI=1S/C6H12O4/c7-2-4-1-5(9)6(3-8)10-4/h4-9H,1-3H2/t4?,5?,6-/m1/s1. The molecule has 4 heteroatoms. The van der Waals surface area contributed by atoms with Crippen molar-refractivity contribution in [2.45, 2.75) is 24.7 Å². The highest BCUT2D eigenvalue weighted by Crippen LogP contribution is 2.19. The minimum Gasteiger partial charge on any atom is -0.394 e. The molecule has 1 heterocycles. The molecule has 4 nitrogen and oxygen atoms in total. The summed E-state index contributed by atoms with van der Waals surface area (Å²) in [5, 5.41) is 26.3. The topological polar surface area (TPSA) is 69.9 Å². The van der Waals surface area contributed by atoms with E-state index in [2.05, 4.69) is 0 Å². The summed E-state index contributed by atoms with van der Waals surface area (Å²) in [7, 11) is 0. The lowest BCUT2D eigenvalue weighted by Gasteiger charge is -2.09. The van der Waals surface area contributed by atoms with Crippen LogP contribution in [-0.4, -0.2) is 46.8 Å². The first-order chi connectivity index (χ1) is 4.77. The Morgan fingerprint density at radius 3 is 2.30 bits per heavy atom. The minimum absolute atomic E-state index is 0.0897. The van der Waals surface area contributed by atoms with E-state index in [1.165, 1.54) is 0 Å². The number of aliphatic hydroxyl groups is 3. The third-order valence-electron chi connectivity index (χ3n) is 1.68. The predicted octanol–water partition coefficient (Wildman–Crippen LogP) is -1.51. The summed E-state index contributed by atoms with van der Waals surface area (Å²) >= 11 is 0. The van der Waals surface area contributed by atoms with Gasteiger partial charge in [0.25, 0.3) is 0 Å². The summed E-state index contributed by atoms with van der Waals surface area (Å²) in [4.78, 5) is 0. The second-order valence-electron chi connectivity index (χ2n) is 2.46. The number of hydrogen-bond acceptors (Lipinski definition) is 4. The summed E-state index contributed by atoms with van der Waals surface area (Å²) in [6.45, 7) is -0.273. The largest absolute Gasteiger partial charge is 0.394 e. The summed E-state index contributed by atoms with van der Waals surface area (Å²) < 4.78 is 5.02. The fraction of sp³-hybridized carbons (Fsp3) is 1.00. The van der Waals surface area contributed by atoms with Crippen LogP contribution in [-0.2, 0) is 4.74 Å². The van der Waals surface area contributed by atoms with E-state index in [0.717, 1.165) is 0 Å².